The van der Waals surface area contributed by atoms with Gasteiger partial charge >= 0.3 is 0 Å². The summed E-state index contributed by atoms with van der Waals surface area (Å²) in [6, 6.07) is 0.146. The Morgan fingerprint density at radius 2 is 1.78 bits per heavy atom. The van der Waals surface area contributed by atoms with Gasteiger partial charge in [0.05, 0.1) is 0 Å². The Morgan fingerprint density at radius 3 is 2.33 bits per heavy atom. The fourth-order valence-corrected chi connectivity index (χ4v) is 4.33. The number of nitrogens with zero attached hydrogens (tertiary/aromatic N) is 1. The van der Waals surface area contributed by atoms with E-state index in [-0.39, 0.29) is 6.04 Å². The molecule has 5 nitrogen and oxygen atoms in total. The zero-order valence-electron chi connectivity index (χ0n) is 11.2. The van der Waals surface area contributed by atoms with Crippen LogP contribution in [-0.4, -0.2) is 44.9 Å². The van der Waals surface area contributed by atoms with Gasteiger partial charge in [0.15, 0.2) is 0 Å². The minimum atomic E-state index is -3.26. The van der Waals surface area contributed by atoms with E-state index in [0.717, 1.165) is 44.7 Å². The second-order valence-corrected chi connectivity index (χ2v) is 7.10. The second kappa shape index (κ2) is 6.32. The maximum Gasteiger partial charge on any atom is 0.279 e. The van der Waals surface area contributed by atoms with E-state index < -0.39 is 10.2 Å². The number of nitrogens with one attached hydrogen (secondary N) is 2. The Balaban J connectivity index is 1.84. The molecule has 0 atom stereocenters. The highest BCUT2D eigenvalue weighted by molar-refractivity contribution is 7.87. The zero-order chi connectivity index (χ0) is 13.0. The van der Waals surface area contributed by atoms with Crippen molar-refractivity contribution in [2.24, 2.45) is 5.92 Å². The van der Waals surface area contributed by atoms with E-state index >= 15 is 0 Å². The van der Waals surface area contributed by atoms with Crippen LogP contribution in [0.15, 0.2) is 0 Å². The summed E-state index contributed by atoms with van der Waals surface area (Å²) in [5.74, 6) is 0.796. The van der Waals surface area contributed by atoms with Gasteiger partial charge in [-0.25, -0.2) is 0 Å². The van der Waals surface area contributed by atoms with Gasteiger partial charge in [-0.15, -0.1) is 0 Å². The molecule has 1 aliphatic carbocycles. The molecule has 6 heteroatoms. The normalized spacial score (nSPS) is 31.4. The van der Waals surface area contributed by atoms with E-state index in [0.29, 0.717) is 13.1 Å². The van der Waals surface area contributed by atoms with E-state index in [1.807, 2.05) is 0 Å². The van der Waals surface area contributed by atoms with E-state index in [9.17, 15) is 8.42 Å². The van der Waals surface area contributed by atoms with Crippen molar-refractivity contribution in [1.82, 2.24) is 14.3 Å². The van der Waals surface area contributed by atoms with Gasteiger partial charge < -0.3 is 5.32 Å². The third-order valence-electron chi connectivity index (χ3n) is 4.16. The van der Waals surface area contributed by atoms with Crippen LogP contribution in [0.3, 0.4) is 0 Å². The van der Waals surface area contributed by atoms with E-state index in [2.05, 4.69) is 17.0 Å². The molecule has 2 rings (SSSR count). The van der Waals surface area contributed by atoms with Crippen LogP contribution in [0.25, 0.3) is 0 Å². The minimum absolute atomic E-state index is 0.146. The van der Waals surface area contributed by atoms with Gasteiger partial charge in [0.2, 0.25) is 0 Å². The van der Waals surface area contributed by atoms with Crippen molar-refractivity contribution in [2.45, 2.75) is 45.1 Å². The molecule has 0 unspecified atom stereocenters. The largest absolute Gasteiger partial charge is 0.314 e. The number of piperazine rings is 1. The molecular formula is C12H25N3O2S. The lowest BCUT2D eigenvalue weighted by atomic mass is 9.85. The van der Waals surface area contributed by atoms with Crippen LogP contribution < -0.4 is 10.0 Å². The first-order valence-electron chi connectivity index (χ1n) is 7.10. The standard InChI is InChI=1S/C12H25N3O2S/c1-2-11-3-5-12(6-4-11)14-18(16,17)15-9-7-13-8-10-15/h11-14H,2-10H2,1H3. The molecular weight excluding hydrogens is 250 g/mol. The van der Waals surface area contributed by atoms with Crippen LogP contribution in [0.5, 0.6) is 0 Å². The molecule has 0 amide bonds. The number of hydrogen-bond donors (Lipinski definition) is 2. The average molecular weight is 275 g/mol. The molecule has 2 fully saturated rings. The highest BCUT2D eigenvalue weighted by Gasteiger charge is 2.28. The van der Waals surface area contributed by atoms with Crippen LogP contribution in [0.4, 0.5) is 0 Å². The highest BCUT2D eigenvalue weighted by Crippen LogP contribution is 2.27. The van der Waals surface area contributed by atoms with Crippen LogP contribution >= 0.6 is 0 Å². The molecule has 0 spiro atoms. The Morgan fingerprint density at radius 1 is 1.17 bits per heavy atom. The maximum atomic E-state index is 12.2. The third-order valence-corrected chi connectivity index (χ3v) is 5.83. The summed E-state index contributed by atoms with van der Waals surface area (Å²) in [6.45, 7) is 4.89. The molecule has 0 aromatic carbocycles. The van der Waals surface area contributed by atoms with Crippen LogP contribution in [0.2, 0.25) is 0 Å². The van der Waals surface area contributed by atoms with Gasteiger partial charge in [-0.2, -0.15) is 17.4 Å². The van der Waals surface area contributed by atoms with Gasteiger partial charge in [0.25, 0.3) is 10.2 Å². The Bertz CT molecular complexity index is 344. The van der Waals surface area contributed by atoms with Gasteiger partial charge in [-0.05, 0) is 31.6 Å². The molecule has 0 aromatic heterocycles. The average Bonchev–Trinajstić information content (AvgIpc) is 2.40. The lowest BCUT2D eigenvalue weighted by molar-refractivity contribution is 0.296. The molecule has 18 heavy (non-hydrogen) atoms. The first kappa shape index (κ1) is 14.2. The Hall–Kier alpha value is -0.170. The molecule has 106 valence electrons. The van der Waals surface area contributed by atoms with Gasteiger partial charge in [-0.3, -0.25) is 0 Å². The summed E-state index contributed by atoms with van der Waals surface area (Å²) < 4.78 is 28.8. The fraction of sp³-hybridized carbons (Fsp3) is 1.00. The maximum absolute atomic E-state index is 12.2. The predicted octanol–water partition coefficient (Wildman–Crippen LogP) is 0.695. The number of hydrogen-bond acceptors (Lipinski definition) is 3. The van der Waals surface area contributed by atoms with Crippen molar-refractivity contribution < 1.29 is 8.42 Å². The van der Waals surface area contributed by atoms with Crippen molar-refractivity contribution >= 4 is 10.2 Å². The van der Waals surface area contributed by atoms with Gasteiger partial charge in [0, 0.05) is 32.2 Å². The molecule has 1 heterocycles. The van der Waals surface area contributed by atoms with Crippen LogP contribution in [-0.2, 0) is 10.2 Å². The Labute approximate surface area is 110 Å². The van der Waals surface area contributed by atoms with E-state index in [1.54, 1.807) is 4.31 Å². The van der Waals surface area contributed by atoms with Gasteiger partial charge in [0.1, 0.15) is 0 Å². The molecule has 2 N–H and O–H groups in total. The second-order valence-electron chi connectivity index (χ2n) is 5.40. The first-order chi connectivity index (χ1) is 8.62. The van der Waals surface area contributed by atoms with Crippen molar-refractivity contribution in [3.05, 3.63) is 0 Å². The number of rotatable bonds is 4. The monoisotopic (exact) mass is 275 g/mol. The van der Waals surface area contributed by atoms with E-state index in [4.69, 9.17) is 0 Å². The summed E-state index contributed by atoms with van der Waals surface area (Å²) in [4.78, 5) is 0. The fourth-order valence-electron chi connectivity index (χ4n) is 2.86. The zero-order valence-corrected chi connectivity index (χ0v) is 12.0. The molecule has 2 aliphatic rings. The molecule has 0 aromatic rings. The lowest BCUT2D eigenvalue weighted by Crippen LogP contribution is -2.52. The molecule has 1 saturated heterocycles. The van der Waals surface area contributed by atoms with Gasteiger partial charge in [-0.1, -0.05) is 13.3 Å². The summed E-state index contributed by atoms with van der Waals surface area (Å²) in [5, 5.41) is 3.17. The van der Waals surface area contributed by atoms with Crippen molar-refractivity contribution in [3.63, 3.8) is 0 Å². The lowest BCUT2D eigenvalue weighted by Gasteiger charge is -2.32. The third kappa shape index (κ3) is 3.66. The summed E-state index contributed by atoms with van der Waals surface area (Å²) in [6.07, 6.45) is 5.52. The summed E-state index contributed by atoms with van der Waals surface area (Å²) >= 11 is 0. The molecule has 1 aliphatic heterocycles. The van der Waals surface area contributed by atoms with E-state index in [1.165, 1.54) is 6.42 Å². The highest BCUT2D eigenvalue weighted by atomic mass is 32.2. The topological polar surface area (TPSA) is 61.4 Å². The van der Waals surface area contributed by atoms with Crippen LogP contribution in [0.1, 0.15) is 39.0 Å². The summed E-state index contributed by atoms with van der Waals surface area (Å²) in [5.41, 5.74) is 0. The van der Waals surface area contributed by atoms with Crippen molar-refractivity contribution in [2.75, 3.05) is 26.2 Å². The Kier molecular flexibility index (Phi) is 5.00. The molecule has 0 radical (unpaired) electrons. The molecule has 1 saturated carbocycles. The first-order valence-corrected chi connectivity index (χ1v) is 8.54. The van der Waals surface area contributed by atoms with Crippen molar-refractivity contribution in [1.29, 1.82) is 0 Å². The smallest absolute Gasteiger partial charge is 0.279 e. The minimum Gasteiger partial charge on any atom is -0.314 e. The predicted molar refractivity (Wildman–Crippen MR) is 72.5 cm³/mol. The summed E-state index contributed by atoms with van der Waals surface area (Å²) in [7, 11) is -3.26. The molecule has 0 bridgehead atoms. The SMILES string of the molecule is CCC1CCC(NS(=O)(=O)N2CCNCC2)CC1. The van der Waals surface area contributed by atoms with Crippen molar-refractivity contribution in [3.8, 4) is 0 Å². The van der Waals surface area contributed by atoms with Crippen LogP contribution in [0, 0.1) is 5.92 Å². The quantitative estimate of drug-likeness (QED) is 0.794.